The minimum Gasteiger partial charge on any atom is -0.354 e. The first-order chi connectivity index (χ1) is 12.3. The average Bonchev–Trinajstić information content (AvgIpc) is 2.58. The molecule has 0 radical (unpaired) electrons. The molecule has 0 unspecified atom stereocenters. The molecule has 1 saturated heterocycles. The molecule has 1 amide bonds. The lowest BCUT2D eigenvalue weighted by Gasteiger charge is -2.30. The van der Waals surface area contributed by atoms with Crippen LogP contribution >= 0.6 is 0 Å². The van der Waals surface area contributed by atoms with E-state index >= 15 is 0 Å². The number of amides is 1. The molecule has 0 saturated carbocycles. The number of rotatable bonds is 8. The van der Waals surface area contributed by atoms with Crippen molar-refractivity contribution in [2.75, 3.05) is 43.3 Å². The number of anilines is 1. The van der Waals surface area contributed by atoms with Crippen LogP contribution < -0.4 is 9.62 Å². The standard InChI is InChI=1S/C18H28FN3O3S/c1-15-8-12-21(13-9-15)11-3-10-20-18(23)14-22(26(2,24)25)17-6-4-16(19)5-7-17/h4-7,15H,3,8-14H2,1-2H3,(H,20,23). The van der Waals surface area contributed by atoms with Crippen molar-refractivity contribution in [1.29, 1.82) is 0 Å². The Morgan fingerprint density at radius 2 is 1.88 bits per heavy atom. The highest BCUT2D eigenvalue weighted by molar-refractivity contribution is 7.92. The van der Waals surface area contributed by atoms with Crippen molar-refractivity contribution in [2.24, 2.45) is 5.92 Å². The summed E-state index contributed by atoms with van der Waals surface area (Å²) in [6.45, 7) is 5.59. The van der Waals surface area contributed by atoms with E-state index in [2.05, 4.69) is 17.1 Å². The lowest BCUT2D eigenvalue weighted by molar-refractivity contribution is -0.119. The molecule has 26 heavy (non-hydrogen) atoms. The second kappa shape index (κ2) is 9.32. The zero-order valence-electron chi connectivity index (χ0n) is 15.4. The maximum atomic E-state index is 13.0. The summed E-state index contributed by atoms with van der Waals surface area (Å²) in [6, 6.07) is 5.04. The fraction of sp³-hybridized carbons (Fsp3) is 0.611. The summed E-state index contributed by atoms with van der Waals surface area (Å²) in [5.74, 6) is -0.0369. The Kier molecular flexibility index (Phi) is 7.40. The molecule has 1 aromatic rings. The van der Waals surface area contributed by atoms with Gasteiger partial charge in [0.05, 0.1) is 11.9 Å². The smallest absolute Gasteiger partial charge is 0.240 e. The minimum atomic E-state index is -3.64. The summed E-state index contributed by atoms with van der Waals surface area (Å²) < 4.78 is 37.9. The van der Waals surface area contributed by atoms with Gasteiger partial charge in [0.25, 0.3) is 0 Å². The highest BCUT2D eigenvalue weighted by Crippen LogP contribution is 2.18. The minimum absolute atomic E-state index is 0.270. The number of likely N-dealkylation sites (tertiary alicyclic amines) is 1. The van der Waals surface area contributed by atoms with Crippen molar-refractivity contribution in [1.82, 2.24) is 10.2 Å². The largest absolute Gasteiger partial charge is 0.354 e. The second-order valence-corrected chi connectivity index (χ2v) is 8.88. The highest BCUT2D eigenvalue weighted by Gasteiger charge is 2.21. The van der Waals surface area contributed by atoms with E-state index in [1.807, 2.05) is 0 Å². The Morgan fingerprint density at radius 1 is 1.27 bits per heavy atom. The first kappa shape index (κ1) is 20.6. The van der Waals surface area contributed by atoms with Gasteiger partial charge < -0.3 is 10.2 Å². The molecule has 0 aromatic heterocycles. The third kappa shape index (κ3) is 6.57. The molecule has 8 heteroatoms. The van der Waals surface area contributed by atoms with Crippen molar-refractivity contribution in [2.45, 2.75) is 26.2 Å². The third-order valence-electron chi connectivity index (χ3n) is 4.65. The molecule has 2 rings (SSSR count). The maximum Gasteiger partial charge on any atom is 0.240 e. The van der Waals surface area contributed by atoms with Crippen molar-refractivity contribution in [3.63, 3.8) is 0 Å². The predicted molar refractivity (Wildman–Crippen MR) is 101 cm³/mol. The topological polar surface area (TPSA) is 69.7 Å². The summed E-state index contributed by atoms with van der Waals surface area (Å²) in [4.78, 5) is 14.5. The number of sulfonamides is 1. The fourth-order valence-corrected chi connectivity index (χ4v) is 3.87. The van der Waals surface area contributed by atoms with Gasteiger partial charge in [0.15, 0.2) is 0 Å². The number of carbonyl (C=O) groups excluding carboxylic acids is 1. The van der Waals surface area contributed by atoms with Gasteiger partial charge in [-0.15, -0.1) is 0 Å². The molecule has 1 heterocycles. The molecule has 0 atom stereocenters. The number of hydrogen-bond acceptors (Lipinski definition) is 4. The Labute approximate surface area is 155 Å². The number of nitrogens with one attached hydrogen (secondary N) is 1. The molecule has 1 aliphatic heterocycles. The number of carbonyl (C=O) groups is 1. The van der Waals surface area contributed by atoms with E-state index in [0.29, 0.717) is 6.54 Å². The molecular weight excluding hydrogens is 357 g/mol. The van der Waals surface area contributed by atoms with E-state index in [4.69, 9.17) is 0 Å². The van der Waals surface area contributed by atoms with Gasteiger partial charge in [0.2, 0.25) is 15.9 Å². The highest BCUT2D eigenvalue weighted by atomic mass is 32.2. The monoisotopic (exact) mass is 385 g/mol. The number of hydrogen-bond donors (Lipinski definition) is 1. The predicted octanol–water partition coefficient (Wildman–Crippen LogP) is 1.83. The number of halogens is 1. The van der Waals surface area contributed by atoms with E-state index in [0.717, 1.165) is 42.5 Å². The van der Waals surface area contributed by atoms with Crippen molar-refractivity contribution in [3.05, 3.63) is 30.1 Å². The van der Waals surface area contributed by atoms with Crippen LogP contribution in [-0.2, 0) is 14.8 Å². The summed E-state index contributed by atoms with van der Waals surface area (Å²) in [6.07, 6.45) is 4.29. The lowest BCUT2D eigenvalue weighted by atomic mass is 9.99. The van der Waals surface area contributed by atoms with E-state index in [1.54, 1.807) is 0 Å². The Balaban J connectivity index is 1.79. The molecule has 0 bridgehead atoms. The number of benzene rings is 1. The molecule has 1 fully saturated rings. The Morgan fingerprint density at radius 3 is 2.46 bits per heavy atom. The molecule has 0 spiro atoms. The van der Waals surface area contributed by atoms with E-state index in [1.165, 1.54) is 37.1 Å². The van der Waals surface area contributed by atoms with Crippen LogP contribution in [-0.4, -0.2) is 58.2 Å². The van der Waals surface area contributed by atoms with Crippen LogP contribution in [0.25, 0.3) is 0 Å². The summed E-state index contributed by atoms with van der Waals surface area (Å²) in [5, 5.41) is 2.77. The Bertz CT molecular complexity index is 686. The van der Waals surface area contributed by atoms with Crippen LogP contribution in [0, 0.1) is 11.7 Å². The third-order valence-corrected chi connectivity index (χ3v) is 5.79. The maximum absolute atomic E-state index is 13.0. The number of nitrogens with zero attached hydrogens (tertiary/aromatic N) is 2. The summed E-state index contributed by atoms with van der Waals surface area (Å²) in [5.41, 5.74) is 0.270. The first-order valence-corrected chi connectivity index (χ1v) is 10.8. The van der Waals surface area contributed by atoms with E-state index < -0.39 is 15.8 Å². The van der Waals surface area contributed by atoms with Gasteiger partial charge in [0.1, 0.15) is 12.4 Å². The van der Waals surface area contributed by atoms with Gasteiger partial charge in [-0.2, -0.15) is 0 Å². The molecule has 1 N–H and O–H groups in total. The average molecular weight is 386 g/mol. The van der Waals surface area contributed by atoms with Crippen LogP contribution in [0.2, 0.25) is 0 Å². The van der Waals surface area contributed by atoms with E-state index in [9.17, 15) is 17.6 Å². The van der Waals surface area contributed by atoms with Gasteiger partial charge in [-0.05, 0) is 69.1 Å². The SMILES string of the molecule is CC1CCN(CCCNC(=O)CN(c2ccc(F)cc2)S(C)(=O)=O)CC1. The number of piperidine rings is 1. The summed E-state index contributed by atoms with van der Waals surface area (Å²) >= 11 is 0. The zero-order chi connectivity index (χ0) is 19.2. The zero-order valence-corrected chi connectivity index (χ0v) is 16.3. The quantitative estimate of drug-likeness (QED) is 0.693. The van der Waals surface area contributed by atoms with Gasteiger partial charge in [-0.25, -0.2) is 12.8 Å². The van der Waals surface area contributed by atoms with E-state index in [-0.39, 0.29) is 18.1 Å². The van der Waals surface area contributed by atoms with Gasteiger partial charge in [-0.3, -0.25) is 9.10 Å². The van der Waals surface area contributed by atoms with Gasteiger partial charge >= 0.3 is 0 Å². The van der Waals surface area contributed by atoms with Crippen molar-refractivity contribution < 1.29 is 17.6 Å². The first-order valence-electron chi connectivity index (χ1n) is 8.98. The normalized spacial score (nSPS) is 16.4. The second-order valence-electron chi connectivity index (χ2n) is 6.97. The van der Waals surface area contributed by atoms with Gasteiger partial charge in [-0.1, -0.05) is 6.92 Å². The molecule has 1 aromatic carbocycles. The fourth-order valence-electron chi connectivity index (χ4n) is 3.01. The lowest BCUT2D eigenvalue weighted by Crippen LogP contribution is -2.41. The molecule has 146 valence electrons. The van der Waals surface area contributed by atoms with Crippen molar-refractivity contribution >= 4 is 21.6 Å². The van der Waals surface area contributed by atoms with Crippen molar-refractivity contribution in [3.8, 4) is 0 Å². The van der Waals surface area contributed by atoms with Gasteiger partial charge in [0, 0.05) is 6.54 Å². The Hall–Kier alpha value is -1.67. The molecular formula is C18H28FN3O3S. The molecule has 6 nitrogen and oxygen atoms in total. The van der Waals surface area contributed by atoms with Crippen LogP contribution in [0.5, 0.6) is 0 Å². The molecule has 1 aliphatic rings. The van der Waals surface area contributed by atoms with Crippen LogP contribution in [0.1, 0.15) is 26.2 Å². The van der Waals surface area contributed by atoms with Crippen LogP contribution in [0.4, 0.5) is 10.1 Å². The van der Waals surface area contributed by atoms with Crippen LogP contribution in [0.3, 0.4) is 0 Å². The van der Waals surface area contributed by atoms with Crippen LogP contribution in [0.15, 0.2) is 24.3 Å². The summed E-state index contributed by atoms with van der Waals surface area (Å²) in [7, 11) is -3.64. The molecule has 0 aliphatic carbocycles.